The number of aryl methyl sites for hydroxylation is 2. The van der Waals surface area contributed by atoms with E-state index in [0.717, 1.165) is 49.9 Å². The summed E-state index contributed by atoms with van der Waals surface area (Å²) < 4.78 is 12.4. The van der Waals surface area contributed by atoms with E-state index in [-0.39, 0.29) is 0 Å². The highest BCUT2D eigenvalue weighted by atomic mass is 16.5. The first-order valence-electron chi connectivity index (χ1n) is 8.15. The highest BCUT2D eigenvalue weighted by Gasteiger charge is 2.21. The van der Waals surface area contributed by atoms with Crippen molar-refractivity contribution < 1.29 is 13.9 Å². The zero-order valence-electron chi connectivity index (χ0n) is 14.5. The van der Waals surface area contributed by atoms with Crippen molar-refractivity contribution in [1.82, 2.24) is 19.4 Å². The highest BCUT2D eigenvalue weighted by Crippen LogP contribution is 2.18. The van der Waals surface area contributed by atoms with Crippen LogP contribution in [0.4, 0.5) is 0 Å². The summed E-state index contributed by atoms with van der Waals surface area (Å²) in [6.45, 7) is 7.39. The standard InChI is InChI=1S/C17H24N4O3/c1-13-10-14(24-16(13)17(22)23-3)11-20-6-8-21(9-7-20)12-15-18-4-5-19(15)2/h4-5,10H,6-9,11-12H2,1-3H3. The molecule has 0 amide bonds. The van der Waals surface area contributed by atoms with Crippen LogP contribution in [-0.2, 0) is 24.9 Å². The molecule has 0 aliphatic carbocycles. The number of ether oxygens (including phenoxy) is 1. The minimum atomic E-state index is -0.418. The van der Waals surface area contributed by atoms with Crippen molar-refractivity contribution in [2.75, 3.05) is 33.3 Å². The van der Waals surface area contributed by atoms with E-state index in [0.29, 0.717) is 12.3 Å². The predicted molar refractivity (Wildman–Crippen MR) is 88.5 cm³/mol. The van der Waals surface area contributed by atoms with Gasteiger partial charge in [-0.25, -0.2) is 9.78 Å². The van der Waals surface area contributed by atoms with Crippen LogP contribution in [0.1, 0.15) is 27.7 Å². The third-order valence-electron chi connectivity index (χ3n) is 4.47. The van der Waals surface area contributed by atoms with Crippen molar-refractivity contribution in [1.29, 1.82) is 0 Å². The molecule has 0 spiro atoms. The van der Waals surface area contributed by atoms with Crippen LogP contribution in [0.2, 0.25) is 0 Å². The molecule has 0 unspecified atom stereocenters. The Morgan fingerprint density at radius 1 is 1.25 bits per heavy atom. The number of nitrogens with zero attached hydrogens (tertiary/aromatic N) is 4. The molecule has 1 fully saturated rings. The van der Waals surface area contributed by atoms with Gasteiger partial charge < -0.3 is 13.7 Å². The highest BCUT2D eigenvalue weighted by molar-refractivity contribution is 5.87. The third-order valence-corrected chi connectivity index (χ3v) is 4.47. The fourth-order valence-corrected chi connectivity index (χ4v) is 3.00. The lowest BCUT2D eigenvalue weighted by Crippen LogP contribution is -2.45. The molecule has 1 aliphatic rings. The molecule has 2 aromatic heterocycles. The summed E-state index contributed by atoms with van der Waals surface area (Å²) in [6.07, 6.45) is 3.81. The van der Waals surface area contributed by atoms with Crippen molar-refractivity contribution >= 4 is 5.97 Å². The number of carbonyl (C=O) groups excluding carboxylic acids is 1. The lowest BCUT2D eigenvalue weighted by Gasteiger charge is -2.33. The second-order valence-corrected chi connectivity index (χ2v) is 6.22. The molecule has 0 aromatic carbocycles. The Kier molecular flexibility index (Phi) is 5.01. The molecule has 7 heteroatoms. The number of aromatic nitrogens is 2. The maximum Gasteiger partial charge on any atom is 0.374 e. The summed E-state index contributed by atoms with van der Waals surface area (Å²) in [5.74, 6) is 1.79. The number of imidazole rings is 1. The lowest BCUT2D eigenvalue weighted by molar-refractivity contribution is 0.0557. The van der Waals surface area contributed by atoms with E-state index in [1.807, 2.05) is 32.4 Å². The van der Waals surface area contributed by atoms with Crippen LogP contribution in [0.25, 0.3) is 0 Å². The number of methoxy groups -OCH3 is 1. The van der Waals surface area contributed by atoms with Gasteiger partial charge in [0.05, 0.1) is 20.2 Å². The van der Waals surface area contributed by atoms with Crippen LogP contribution in [0, 0.1) is 6.92 Å². The number of hydrogen-bond donors (Lipinski definition) is 0. The van der Waals surface area contributed by atoms with Crippen LogP contribution in [0.5, 0.6) is 0 Å². The maximum atomic E-state index is 11.6. The van der Waals surface area contributed by atoms with Gasteiger partial charge in [0.15, 0.2) is 0 Å². The summed E-state index contributed by atoms with van der Waals surface area (Å²) in [6, 6.07) is 1.92. The van der Waals surface area contributed by atoms with Crippen molar-refractivity contribution in [2.45, 2.75) is 20.0 Å². The smallest absolute Gasteiger partial charge is 0.374 e. The zero-order chi connectivity index (χ0) is 17.1. The quantitative estimate of drug-likeness (QED) is 0.772. The summed E-state index contributed by atoms with van der Waals surface area (Å²) >= 11 is 0. The van der Waals surface area contributed by atoms with E-state index < -0.39 is 5.97 Å². The van der Waals surface area contributed by atoms with Gasteiger partial charge in [-0.3, -0.25) is 9.80 Å². The molecule has 0 saturated carbocycles. The van der Waals surface area contributed by atoms with Crippen LogP contribution < -0.4 is 0 Å². The summed E-state index contributed by atoms with van der Waals surface area (Å²) in [5.41, 5.74) is 0.824. The molecular formula is C17H24N4O3. The molecule has 2 aromatic rings. The second-order valence-electron chi connectivity index (χ2n) is 6.22. The number of carbonyl (C=O) groups is 1. The molecule has 0 N–H and O–H groups in total. The van der Waals surface area contributed by atoms with E-state index in [1.165, 1.54) is 7.11 Å². The van der Waals surface area contributed by atoms with Crippen molar-refractivity contribution in [3.05, 3.63) is 41.4 Å². The second kappa shape index (κ2) is 7.19. The van der Waals surface area contributed by atoms with Crippen molar-refractivity contribution in [2.24, 2.45) is 7.05 Å². The van der Waals surface area contributed by atoms with Crippen LogP contribution in [-0.4, -0.2) is 58.6 Å². The normalized spacial score (nSPS) is 16.5. The number of rotatable bonds is 5. The fourth-order valence-electron chi connectivity index (χ4n) is 3.00. The molecule has 3 heterocycles. The first-order valence-corrected chi connectivity index (χ1v) is 8.15. The summed E-state index contributed by atoms with van der Waals surface area (Å²) in [4.78, 5) is 20.8. The molecule has 3 rings (SSSR count). The first-order chi connectivity index (χ1) is 11.6. The topological polar surface area (TPSA) is 63.7 Å². The molecule has 0 atom stereocenters. The molecule has 0 radical (unpaired) electrons. The number of esters is 1. The molecular weight excluding hydrogens is 308 g/mol. The van der Waals surface area contributed by atoms with Crippen LogP contribution in [0.3, 0.4) is 0 Å². The van der Waals surface area contributed by atoms with Crippen molar-refractivity contribution in [3.63, 3.8) is 0 Å². The predicted octanol–water partition coefficient (Wildman–Crippen LogP) is 1.43. The maximum absolute atomic E-state index is 11.6. The van der Waals surface area contributed by atoms with Gasteiger partial charge >= 0.3 is 5.97 Å². The summed E-state index contributed by atoms with van der Waals surface area (Å²) in [7, 11) is 3.39. The zero-order valence-corrected chi connectivity index (χ0v) is 14.5. The van der Waals surface area contributed by atoms with E-state index in [4.69, 9.17) is 9.15 Å². The van der Waals surface area contributed by atoms with E-state index in [9.17, 15) is 4.79 Å². The average molecular weight is 332 g/mol. The van der Waals surface area contributed by atoms with Gasteiger partial charge in [0, 0.05) is 51.2 Å². The summed E-state index contributed by atoms with van der Waals surface area (Å²) in [5, 5.41) is 0. The Balaban J connectivity index is 1.52. The van der Waals surface area contributed by atoms with E-state index in [1.54, 1.807) is 0 Å². The Hall–Kier alpha value is -2.12. The van der Waals surface area contributed by atoms with Gasteiger partial charge in [-0.1, -0.05) is 0 Å². The van der Waals surface area contributed by atoms with E-state index >= 15 is 0 Å². The van der Waals surface area contributed by atoms with Gasteiger partial charge in [0.1, 0.15) is 11.6 Å². The molecule has 130 valence electrons. The average Bonchev–Trinajstić information content (AvgIpc) is 3.14. The molecule has 7 nitrogen and oxygen atoms in total. The molecule has 1 aliphatic heterocycles. The molecule has 0 bridgehead atoms. The fraction of sp³-hybridized carbons (Fsp3) is 0.529. The van der Waals surface area contributed by atoms with Gasteiger partial charge in [0.25, 0.3) is 0 Å². The number of piperazine rings is 1. The lowest BCUT2D eigenvalue weighted by atomic mass is 10.2. The van der Waals surface area contributed by atoms with Gasteiger partial charge in [-0.2, -0.15) is 0 Å². The minimum absolute atomic E-state index is 0.306. The Bertz CT molecular complexity index is 699. The van der Waals surface area contributed by atoms with E-state index in [2.05, 4.69) is 19.4 Å². The Morgan fingerprint density at radius 2 is 1.92 bits per heavy atom. The third kappa shape index (κ3) is 3.68. The van der Waals surface area contributed by atoms with Gasteiger partial charge in [-0.05, 0) is 13.0 Å². The van der Waals surface area contributed by atoms with Crippen LogP contribution >= 0.6 is 0 Å². The van der Waals surface area contributed by atoms with Gasteiger partial charge in [-0.15, -0.1) is 0 Å². The van der Waals surface area contributed by atoms with Crippen LogP contribution in [0.15, 0.2) is 22.9 Å². The molecule has 24 heavy (non-hydrogen) atoms. The Labute approximate surface area is 141 Å². The SMILES string of the molecule is COC(=O)c1oc(CN2CCN(Cc3nccn3C)CC2)cc1C. The van der Waals surface area contributed by atoms with Gasteiger partial charge in [0.2, 0.25) is 5.76 Å². The molecule has 1 saturated heterocycles. The number of hydrogen-bond acceptors (Lipinski definition) is 6. The largest absolute Gasteiger partial charge is 0.463 e. The Morgan fingerprint density at radius 3 is 2.50 bits per heavy atom. The monoisotopic (exact) mass is 332 g/mol. The number of furan rings is 1. The first kappa shape index (κ1) is 16.7. The minimum Gasteiger partial charge on any atom is -0.463 e. The van der Waals surface area contributed by atoms with Crippen molar-refractivity contribution in [3.8, 4) is 0 Å².